The molecule has 0 unspecified atom stereocenters. The van der Waals surface area contributed by atoms with Crippen molar-refractivity contribution in [1.82, 2.24) is 4.90 Å². The molecule has 0 radical (unpaired) electrons. The van der Waals surface area contributed by atoms with Crippen LogP contribution in [0.25, 0.3) is 0 Å². The van der Waals surface area contributed by atoms with E-state index in [0.717, 1.165) is 12.0 Å². The topological polar surface area (TPSA) is 29.3 Å². The first-order valence-corrected chi connectivity index (χ1v) is 5.47. The molecule has 90 valence electrons. The second kappa shape index (κ2) is 6.43. The lowest BCUT2D eigenvalue weighted by atomic mass is 10.1. The molecule has 2 N–H and O–H groups in total. The van der Waals surface area contributed by atoms with E-state index in [1.807, 2.05) is 25.1 Å². The van der Waals surface area contributed by atoms with Gasteiger partial charge in [-0.3, -0.25) is 4.90 Å². The molecular formula is C12H18F2N2. The summed E-state index contributed by atoms with van der Waals surface area (Å²) in [6.45, 7) is 2.94. The van der Waals surface area contributed by atoms with Crippen molar-refractivity contribution in [2.24, 2.45) is 0 Å². The molecule has 1 aromatic carbocycles. The molecule has 0 aliphatic carbocycles. The number of alkyl halides is 2. The third-order valence-electron chi connectivity index (χ3n) is 2.39. The molecule has 4 heteroatoms. The number of para-hydroxylation sites is 1. The van der Waals surface area contributed by atoms with Gasteiger partial charge in [0.2, 0.25) is 0 Å². The normalized spacial score (nSPS) is 11.3. The lowest BCUT2D eigenvalue weighted by molar-refractivity contribution is 0.0848. The van der Waals surface area contributed by atoms with Crippen LogP contribution >= 0.6 is 0 Å². The Hall–Kier alpha value is -1.16. The number of rotatable bonds is 6. The van der Waals surface area contributed by atoms with Crippen molar-refractivity contribution in [1.29, 1.82) is 0 Å². The quantitative estimate of drug-likeness (QED) is 0.758. The van der Waals surface area contributed by atoms with Gasteiger partial charge in [-0.15, -0.1) is 0 Å². The molecule has 1 aromatic rings. The number of halogens is 2. The SMILES string of the molecule is CCCN(Cc1ccccc1N)CC(F)F. The average molecular weight is 228 g/mol. The lowest BCUT2D eigenvalue weighted by Crippen LogP contribution is -2.29. The molecule has 0 fully saturated rings. The molecule has 0 aliphatic heterocycles. The Bertz CT molecular complexity index is 316. The summed E-state index contributed by atoms with van der Waals surface area (Å²) in [6.07, 6.45) is -1.43. The summed E-state index contributed by atoms with van der Waals surface area (Å²) >= 11 is 0. The molecule has 0 aromatic heterocycles. The van der Waals surface area contributed by atoms with Crippen LogP contribution in [-0.2, 0) is 6.54 Å². The molecular weight excluding hydrogens is 210 g/mol. The molecule has 0 aliphatic rings. The van der Waals surface area contributed by atoms with E-state index < -0.39 is 6.43 Å². The summed E-state index contributed by atoms with van der Waals surface area (Å²) in [5.41, 5.74) is 7.36. The predicted octanol–water partition coefficient (Wildman–Crippen LogP) is 2.75. The third kappa shape index (κ3) is 4.14. The highest BCUT2D eigenvalue weighted by Gasteiger charge is 2.12. The zero-order valence-electron chi connectivity index (χ0n) is 9.50. The molecule has 0 atom stereocenters. The van der Waals surface area contributed by atoms with Crippen molar-refractivity contribution in [3.8, 4) is 0 Å². The van der Waals surface area contributed by atoms with Crippen LogP contribution in [0.3, 0.4) is 0 Å². The van der Waals surface area contributed by atoms with Gasteiger partial charge in [-0.05, 0) is 24.6 Å². The summed E-state index contributed by atoms with van der Waals surface area (Å²) in [5.74, 6) is 0. The number of hydrogen-bond donors (Lipinski definition) is 1. The first-order chi connectivity index (χ1) is 7.63. The highest BCUT2D eigenvalue weighted by molar-refractivity contribution is 5.46. The summed E-state index contributed by atoms with van der Waals surface area (Å²) in [4.78, 5) is 1.73. The van der Waals surface area contributed by atoms with E-state index in [1.165, 1.54) is 0 Å². The molecule has 0 amide bonds. The van der Waals surface area contributed by atoms with Crippen LogP contribution in [-0.4, -0.2) is 24.4 Å². The van der Waals surface area contributed by atoms with Crippen molar-refractivity contribution in [3.05, 3.63) is 29.8 Å². The Balaban J connectivity index is 2.64. The van der Waals surface area contributed by atoms with Crippen molar-refractivity contribution < 1.29 is 8.78 Å². The van der Waals surface area contributed by atoms with E-state index in [4.69, 9.17) is 5.73 Å². The monoisotopic (exact) mass is 228 g/mol. The highest BCUT2D eigenvalue weighted by Crippen LogP contribution is 2.14. The largest absolute Gasteiger partial charge is 0.398 e. The van der Waals surface area contributed by atoms with Gasteiger partial charge >= 0.3 is 0 Å². The van der Waals surface area contributed by atoms with Crippen LogP contribution in [0, 0.1) is 0 Å². The average Bonchev–Trinajstić information content (AvgIpc) is 2.21. The van der Waals surface area contributed by atoms with Crippen LogP contribution in [0.15, 0.2) is 24.3 Å². The van der Waals surface area contributed by atoms with Gasteiger partial charge in [-0.25, -0.2) is 8.78 Å². The van der Waals surface area contributed by atoms with Crippen molar-refractivity contribution in [3.63, 3.8) is 0 Å². The number of nitrogen functional groups attached to an aromatic ring is 1. The Kier molecular flexibility index (Phi) is 5.19. The highest BCUT2D eigenvalue weighted by atomic mass is 19.3. The maximum atomic E-state index is 12.3. The fourth-order valence-electron chi connectivity index (χ4n) is 1.67. The molecule has 0 saturated carbocycles. The van der Waals surface area contributed by atoms with Gasteiger partial charge in [0.05, 0.1) is 6.54 Å². The minimum absolute atomic E-state index is 0.192. The number of hydrogen-bond acceptors (Lipinski definition) is 2. The van der Waals surface area contributed by atoms with Gasteiger partial charge in [0, 0.05) is 12.2 Å². The summed E-state index contributed by atoms with van der Waals surface area (Å²) < 4.78 is 24.7. The lowest BCUT2D eigenvalue weighted by Gasteiger charge is -2.21. The predicted molar refractivity (Wildman–Crippen MR) is 62.4 cm³/mol. The molecule has 0 saturated heterocycles. The van der Waals surface area contributed by atoms with Gasteiger partial charge in [-0.1, -0.05) is 25.1 Å². The van der Waals surface area contributed by atoms with Gasteiger partial charge in [0.15, 0.2) is 0 Å². The number of nitrogens with two attached hydrogens (primary N) is 1. The van der Waals surface area contributed by atoms with Gasteiger partial charge in [0.1, 0.15) is 0 Å². The van der Waals surface area contributed by atoms with Gasteiger partial charge in [0.25, 0.3) is 6.43 Å². The molecule has 16 heavy (non-hydrogen) atoms. The first-order valence-electron chi connectivity index (χ1n) is 5.47. The Morgan fingerprint density at radius 3 is 2.56 bits per heavy atom. The molecule has 0 heterocycles. The number of nitrogens with zero attached hydrogens (tertiary/aromatic N) is 1. The molecule has 0 bridgehead atoms. The number of benzene rings is 1. The maximum absolute atomic E-state index is 12.3. The Morgan fingerprint density at radius 1 is 1.31 bits per heavy atom. The molecule has 2 nitrogen and oxygen atoms in total. The van der Waals surface area contributed by atoms with Gasteiger partial charge in [-0.2, -0.15) is 0 Å². The minimum Gasteiger partial charge on any atom is -0.398 e. The van der Waals surface area contributed by atoms with E-state index >= 15 is 0 Å². The van der Waals surface area contributed by atoms with Crippen LogP contribution in [0.5, 0.6) is 0 Å². The van der Waals surface area contributed by atoms with Gasteiger partial charge < -0.3 is 5.73 Å². The second-order valence-corrected chi connectivity index (χ2v) is 3.83. The smallest absolute Gasteiger partial charge is 0.251 e. The summed E-state index contributed by atoms with van der Waals surface area (Å²) in [7, 11) is 0. The van der Waals surface area contributed by atoms with E-state index in [9.17, 15) is 8.78 Å². The van der Waals surface area contributed by atoms with Crippen molar-refractivity contribution in [2.45, 2.75) is 26.3 Å². The fraction of sp³-hybridized carbons (Fsp3) is 0.500. The third-order valence-corrected chi connectivity index (χ3v) is 2.39. The van der Waals surface area contributed by atoms with Crippen LogP contribution < -0.4 is 5.73 Å². The zero-order chi connectivity index (χ0) is 12.0. The Labute approximate surface area is 95.1 Å². The summed E-state index contributed by atoms with van der Waals surface area (Å²) in [6, 6.07) is 7.39. The first kappa shape index (κ1) is 12.9. The van der Waals surface area contributed by atoms with E-state index in [-0.39, 0.29) is 6.54 Å². The number of anilines is 1. The van der Waals surface area contributed by atoms with Crippen molar-refractivity contribution >= 4 is 5.69 Å². The van der Waals surface area contributed by atoms with E-state index in [2.05, 4.69) is 0 Å². The van der Waals surface area contributed by atoms with Crippen LogP contribution in [0.1, 0.15) is 18.9 Å². The zero-order valence-corrected chi connectivity index (χ0v) is 9.50. The second-order valence-electron chi connectivity index (χ2n) is 3.83. The fourth-order valence-corrected chi connectivity index (χ4v) is 1.67. The van der Waals surface area contributed by atoms with Crippen LogP contribution in [0.4, 0.5) is 14.5 Å². The van der Waals surface area contributed by atoms with Crippen molar-refractivity contribution in [2.75, 3.05) is 18.8 Å². The minimum atomic E-state index is -2.29. The van der Waals surface area contributed by atoms with E-state index in [1.54, 1.807) is 11.0 Å². The summed E-state index contributed by atoms with van der Waals surface area (Å²) in [5, 5.41) is 0. The standard InChI is InChI=1S/C12H18F2N2/c1-2-7-16(9-12(13)14)8-10-5-3-4-6-11(10)15/h3-6,12H,2,7-9,15H2,1H3. The molecule has 0 spiro atoms. The Morgan fingerprint density at radius 2 is 2.00 bits per heavy atom. The van der Waals surface area contributed by atoms with Crippen LogP contribution in [0.2, 0.25) is 0 Å². The molecule has 1 rings (SSSR count). The maximum Gasteiger partial charge on any atom is 0.251 e. The van der Waals surface area contributed by atoms with E-state index in [0.29, 0.717) is 18.8 Å².